The molecular weight excluding hydrogens is 188 g/mol. The molecule has 0 spiro atoms. The highest BCUT2D eigenvalue weighted by molar-refractivity contribution is 5.86. The van der Waals surface area contributed by atoms with E-state index in [2.05, 4.69) is 17.3 Å². The third-order valence-corrected chi connectivity index (χ3v) is 3.05. The maximum atomic E-state index is 11.8. The van der Waals surface area contributed by atoms with E-state index >= 15 is 0 Å². The van der Waals surface area contributed by atoms with Crippen LogP contribution in [0.1, 0.15) is 39.0 Å². The zero-order chi connectivity index (χ0) is 11.3. The summed E-state index contributed by atoms with van der Waals surface area (Å²) in [4.78, 5) is 11.8. The maximum absolute atomic E-state index is 11.8. The van der Waals surface area contributed by atoms with Crippen LogP contribution in [0.4, 0.5) is 0 Å². The smallest absolute Gasteiger partial charge is 0.240 e. The molecule has 1 N–H and O–H groups in total. The summed E-state index contributed by atoms with van der Waals surface area (Å²) >= 11 is 0. The van der Waals surface area contributed by atoms with Gasteiger partial charge in [-0.1, -0.05) is 6.92 Å². The topological polar surface area (TPSA) is 52.9 Å². The van der Waals surface area contributed by atoms with Gasteiger partial charge in [0.1, 0.15) is 5.41 Å². The molecule has 1 atom stereocenters. The molecule has 0 bridgehead atoms. The number of nitriles is 1. The lowest BCUT2D eigenvalue weighted by atomic mass is 9.69. The summed E-state index contributed by atoms with van der Waals surface area (Å²) in [6.45, 7) is 1.97. The van der Waals surface area contributed by atoms with Crippen LogP contribution in [0.5, 0.6) is 0 Å². The second-order valence-electron chi connectivity index (χ2n) is 4.03. The Bertz CT molecular complexity index is 317. The fraction of sp³-hybridized carbons (Fsp3) is 0.667. The lowest BCUT2D eigenvalue weighted by Gasteiger charge is -2.34. The van der Waals surface area contributed by atoms with E-state index in [1.54, 1.807) is 0 Å². The third kappa shape index (κ3) is 2.30. The van der Waals surface area contributed by atoms with Crippen LogP contribution in [-0.2, 0) is 4.79 Å². The van der Waals surface area contributed by atoms with E-state index in [0.717, 1.165) is 12.8 Å². The molecule has 1 saturated carbocycles. The number of nitrogens with zero attached hydrogens (tertiary/aromatic N) is 1. The Labute approximate surface area is 90.9 Å². The summed E-state index contributed by atoms with van der Waals surface area (Å²) in [6.07, 6.45) is 8.87. The van der Waals surface area contributed by atoms with Gasteiger partial charge in [0.05, 0.1) is 6.07 Å². The molecule has 1 rings (SSSR count). The number of terminal acetylenes is 1. The fourth-order valence-corrected chi connectivity index (χ4v) is 1.68. The zero-order valence-electron chi connectivity index (χ0n) is 9.05. The molecule has 3 heteroatoms. The van der Waals surface area contributed by atoms with E-state index < -0.39 is 5.41 Å². The second kappa shape index (κ2) is 4.84. The van der Waals surface area contributed by atoms with E-state index in [1.807, 2.05) is 6.92 Å². The van der Waals surface area contributed by atoms with Crippen molar-refractivity contribution in [2.45, 2.75) is 45.1 Å². The number of rotatable bonds is 4. The first-order valence-electron chi connectivity index (χ1n) is 5.34. The Hall–Kier alpha value is -1.48. The van der Waals surface area contributed by atoms with Gasteiger partial charge in [-0.25, -0.2) is 0 Å². The standard InChI is InChI=1S/C12H16N2O/c1-3-6-10(4-2)14-11(15)12(9-13)7-5-8-12/h1,10H,4-8H2,2H3,(H,14,15). The second-order valence-corrected chi connectivity index (χ2v) is 4.03. The number of carbonyl (C=O) groups excluding carboxylic acids is 1. The van der Waals surface area contributed by atoms with Crippen LogP contribution in [0.2, 0.25) is 0 Å². The first kappa shape index (κ1) is 11.6. The van der Waals surface area contributed by atoms with E-state index in [4.69, 9.17) is 11.7 Å². The van der Waals surface area contributed by atoms with Crippen LogP contribution in [-0.4, -0.2) is 11.9 Å². The molecule has 0 aliphatic heterocycles. The van der Waals surface area contributed by atoms with Crippen LogP contribution in [0.3, 0.4) is 0 Å². The first-order valence-corrected chi connectivity index (χ1v) is 5.34. The molecule has 1 aliphatic rings. The van der Waals surface area contributed by atoms with Crippen molar-refractivity contribution in [1.29, 1.82) is 5.26 Å². The Morgan fingerprint density at radius 3 is 2.67 bits per heavy atom. The minimum atomic E-state index is -0.762. The quantitative estimate of drug-likeness (QED) is 0.707. The molecule has 0 saturated heterocycles. The van der Waals surface area contributed by atoms with Gasteiger partial charge in [0, 0.05) is 12.5 Å². The normalized spacial score (nSPS) is 19.1. The van der Waals surface area contributed by atoms with E-state index in [1.165, 1.54) is 0 Å². The van der Waals surface area contributed by atoms with Crippen molar-refractivity contribution in [3.8, 4) is 18.4 Å². The zero-order valence-corrected chi connectivity index (χ0v) is 9.05. The van der Waals surface area contributed by atoms with Gasteiger partial charge in [-0.05, 0) is 25.7 Å². The van der Waals surface area contributed by atoms with Gasteiger partial charge >= 0.3 is 0 Å². The summed E-state index contributed by atoms with van der Waals surface area (Å²) in [5.74, 6) is 2.39. The van der Waals surface area contributed by atoms with Crippen LogP contribution >= 0.6 is 0 Å². The Morgan fingerprint density at radius 1 is 1.67 bits per heavy atom. The molecule has 1 amide bonds. The number of nitrogens with one attached hydrogen (secondary N) is 1. The average molecular weight is 204 g/mol. The van der Waals surface area contributed by atoms with Gasteiger partial charge in [0.15, 0.2) is 0 Å². The highest BCUT2D eigenvalue weighted by Gasteiger charge is 2.44. The number of hydrogen-bond acceptors (Lipinski definition) is 2. The van der Waals surface area contributed by atoms with E-state index in [9.17, 15) is 4.79 Å². The minimum Gasteiger partial charge on any atom is -0.351 e. The molecule has 0 heterocycles. The monoisotopic (exact) mass is 204 g/mol. The van der Waals surface area contributed by atoms with Crippen molar-refractivity contribution in [2.24, 2.45) is 5.41 Å². The highest BCUT2D eigenvalue weighted by Crippen LogP contribution is 2.40. The van der Waals surface area contributed by atoms with Crippen molar-refractivity contribution in [2.75, 3.05) is 0 Å². The molecule has 3 nitrogen and oxygen atoms in total. The summed E-state index contributed by atoms with van der Waals surface area (Å²) < 4.78 is 0. The van der Waals surface area contributed by atoms with Crippen LogP contribution < -0.4 is 5.32 Å². The van der Waals surface area contributed by atoms with Gasteiger partial charge in [0.2, 0.25) is 5.91 Å². The Balaban J connectivity index is 2.55. The van der Waals surface area contributed by atoms with Crippen LogP contribution in [0, 0.1) is 29.1 Å². The summed E-state index contributed by atoms with van der Waals surface area (Å²) in [6, 6.07) is 2.13. The van der Waals surface area contributed by atoms with E-state index in [-0.39, 0.29) is 11.9 Å². The van der Waals surface area contributed by atoms with Crippen LogP contribution in [0.25, 0.3) is 0 Å². The van der Waals surface area contributed by atoms with Crippen molar-refractivity contribution in [1.82, 2.24) is 5.32 Å². The maximum Gasteiger partial charge on any atom is 0.240 e. The molecule has 80 valence electrons. The molecule has 0 radical (unpaired) electrons. The van der Waals surface area contributed by atoms with E-state index in [0.29, 0.717) is 19.3 Å². The van der Waals surface area contributed by atoms with Crippen molar-refractivity contribution in [3.05, 3.63) is 0 Å². The third-order valence-electron chi connectivity index (χ3n) is 3.05. The number of amides is 1. The van der Waals surface area contributed by atoms with Crippen LogP contribution in [0.15, 0.2) is 0 Å². The van der Waals surface area contributed by atoms with Gasteiger partial charge in [-0.15, -0.1) is 12.3 Å². The molecule has 0 aromatic carbocycles. The largest absolute Gasteiger partial charge is 0.351 e. The molecular formula is C12H16N2O. The van der Waals surface area contributed by atoms with Crippen molar-refractivity contribution in [3.63, 3.8) is 0 Å². The summed E-state index contributed by atoms with van der Waals surface area (Å²) in [5.41, 5.74) is -0.762. The van der Waals surface area contributed by atoms with Gasteiger partial charge in [0.25, 0.3) is 0 Å². The van der Waals surface area contributed by atoms with Crippen molar-refractivity contribution < 1.29 is 4.79 Å². The predicted molar refractivity (Wildman–Crippen MR) is 57.6 cm³/mol. The Kier molecular flexibility index (Phi) is 3.74. The predicted octanol–water partition coefficient (Wildman–Crippen LogP) is 1.60. The SMILES string of the molecule is C#CCC(CC)NC(=O)C1(C#N)CCC1. The van der Waals surface area contributed by atoms with Gasteiger partial charge < -0.3 is 5.32 Å². The molecule has 1 fully saturated rings. The molecule has 15 heavy (non-hydrogen) atoms. The Morgan fingerprint density at radius 2 is 2.33 bits per heavy atom. The highest BCUT2D eigenvalue weighted by atomic mass is 16.2. The average Bonchev–Trinajstić information content (AvgIpc) is 2.16. The van der Waals surface area contributed by atoms with Gasteiger partial charge in [-0.2, -0.15) is 5.26 Å². The molecule has 1 aliphatic carbocycles. The van der Waals surface area contributed by atoms with Gasteiger partial charge in [-0.3, -0.25) is 4.79 Å². The number of carbonyl (C=O) groups is 1. The minimum absolute atomic E-state index is 0.00771. The summed E-state index contributed by atoms with van der Waals surface area (Å²) in [7, 11) is 0. The first-order chi connectivity index (χ1) is 7.18. The van der Waals surface area contributed by atoms with Crippen molar-refractivity contribution >= 4 is 5.91 Å². The molecule has 0 aromatic heterocycles. The lowest BCUT2D eigenvalue weighted by Crippen LogP contribution is -2.48. The molecule has 1 unspecified atom stereocenters. The lowest BCUT2D eigenvalue weighted by molar-refractivity contribution is -0.132. The fourth-order valence-electron chi connectivity index (χ4n) is 1.68. The summed E-state index contributed by atoms with van der Waals surface area (Å²) in [5, 5.41) is 11.8. The molecule has 0 aromatic rings. The number of hydrogen-bond donors (Lipinski definition) is 1.